The zero-order valence-corrected chi connectivity index (χ0v) is 7.46. The highest BCUT2D eigenvalue weighted by molar-refractivity contribution is 5.66. The number of allylic oxidation sites excluding steroid dienone is 1. The maximum Gasteiger partial charge on any atom is 0.303 e. The predicted molar refractivity (Wildman–Crippen MR) is 45.3 cm³/mol. The molecule has 0 radical (unpaired) electrons. The van der Waals surface area contributed by atoms with Crippen molar-refractivity contribution in [2.75, 3.05) is 0 Å². The summed E-state index contributed by atoms with van der Waals surface area (Å²) < 4.78 is 4.87. The van der Waals surface area contributed by atoms with Crippen molar-refractivity contribution >= 4 is 5.97 Å². The molecule has 11 heavy (non-hydrogen) atoms. The normalized spacial score (nSPS) is 13.4. The number of unbranched alkanes of at least 4 members (excludes halogenated alkanes) is 1. The lowest BCUT2D eigenvalue weighted by molar-refractivity contribution is -0.143. The van der Waals surface area contributed by atoms with Gasteiger partial charge in [-0.05, 0) is 19.4 Å². The molecule has 0 spiro atoms. The summed E-state index contributed by atoms with van der Waals surface area (Å²) in [5.41, 5.74) is 0. The van der Waals surface area contributed by atoms with E-state index in [1.54, 1.807) is 0 Å². The Labute approximate surface area is 68.2 Å². The quantitative estimate of drug-likeness (QED) is 0.461. The van der Waals surface area contributed by atoms with Gasteiger partial charge in [0.25, 0.3) is 0 Å². The molecule has 2 heteroatoms. The minimum absolute atomic E-state index is 0.0842. The van der Waals surface area contributed by atoms with Crippen LogP contribution in [0.25, 0.3) is 0 Å². The van der Waals surface area contributed by atoms with Gasteiger partial charge in [-0.3, -0.25) is 4.79 Å². The number of ether oxygens (including phenoxy) is 1. The number of hydrogen-bond donors (Lipinski definition) is 0. The molecule has 0 N–H and O–H groups in total. The second-order valence-electron chi connectivity index (χ2n) is 2.53. The predicted octanol–water partition coefficient (Wildman–Crippen LogP) is 2.29. The first-order chi connectivity index (χ1) is 5.16. The lowest BCUT2D eigenvalue weighted by Crippen LogP contribution is -2.08. The van der Waals surface area contributed by atoms with Gasteiger partial charge in [0.2, 0.25) is 0 Å². The first-order valence-electron chi connectivity index (χ1n) is 4.00. The van der Waals surface area contributed by atoms with Crippen LogP contribution in [0.3, 0.4) is 0 Å². The molecule has 0 aromatic carbocycles. The van der Waals surface area contributed by atoms with E-state index in [1.807, 2.05) is 19.1 Å². The van der Waals surface area contributed by atoms with Crippen molar-refractivity contribution in [1.29, 1.82) is 0 Å². The first kappa shape index (κ1) is 10.2. The molecule has 0 heterocycles. The Morgan fingerprint density at radius 1 is 1.64 bits per heavy atom. The van der Waals surface area contributed by atoms with Gasteiger partial charge in [0.15, 0.2) is 0 Å². The SMILES string of the molecule is CCC/C=C/[C@@H](C)OC(C)=O. The highest BCUT2D eigenvalue weighted by Gasteiger charge is 1.98. The first-order valence-corrected chi connectivity index (χ1v) is 4.00. The van der Waals surface area contributed by atoms with Crippen LogP contribution in [0.2, 0.25) is 0 Å². The van der Waals surface area contributed by atoms with Gasteiger partial charge in [-0.25, -0.2) is 0 Å². The van der Waals surface area contributed by atoms with Crippen LogP contribution in [0.4, 0.5) is 0 Å². The standard InChI is InChI=1S/C9H16O2/c1-4-5-6-7-8(2)11-9(3)10/h6-8H,4-5H2,1-3H3/b7-6+/t8-/m1/s1. The van der Waals surface area contributed by atoms with E-state index in [9.17, 15) is 4.79 Å². The van der Waals surface area contributed by atoms with Crippen LogP contribution in [0.1, 0.15) is 33.6 Å². The topological polar surface area (TPSA) is 26.3 Å². The highest BCUT2D eigenvalue weighted by Crippen LogP contribution is 1.96. The van der Waals surface area contributed by atoms with E-state index in [0.717, 1.165) is 12.8 Å². The van der Waals surface area contributed by atoms with Crippen LogP contribution < -0.4 is 0 Å². The smallest absolute Gasteiger partial charge is 0.303 e. The largest absolute Gasteiger partial charge is 0.459 e. The molecule has 0 saturated carbocycles. The molecule has 0 bridgehead atoms. The Bertz CT molecular complexity index is 138. The van der Waals surface area contributed by atoms with Crippen molar-refractivity contribution in [2.45, 2.75) is 39.7 Å². The summed E-state index contributed by atoms with van der Waals surface area (Å²) in [5, 5.41) is 0. The summed E-state index contributed by atoms with van der Waals surface area (Å²) in [7, 11) is 0. The number of esters is 1. The fraction of sp³-hybridized carbons (Fsp3) is 0.667. The van der Waals surface area contributed by atoms with Crippen LogP contribution in [0, 0.1) is 0 Å². The van der Waals surface area contributed by atoms with Crippen LogP contribution in [0.15, 0.2) is 12.2 Å². The molecule has 0 aliphatic carbocycles. The molecule has 0 fully saturated rings. The minimum atomic E-state index is -0.223. The van der Waals surface area contributed by atoms with Crippen molar-refractivity contribution < 1.29 is 9.53 Å². The third-order valence-corrected chi connectivity index (χ3v) is 1.21. The average Bonchev–Trinajstić information content (AvgIpc) is 1.86. The van der Waals surface area contributed by atoms with Gasteiger partial charge in [-0.2, -0.15) is 0 Å². The van der Waals surface area contributed by atoms with E-state index in [2.05, 4.69) is 6.92 Å². The summed E-state index contributed by atoms with van der Waals surface area (Å²) >= 11 is 0. The molecule has 0 aliphatic heterocycles. The molecule has 64 valence electrons. The second kappa shape index (κ2) is 5.96. The Morgan fingerprint density at radius 2 is 2.27 bits per heavy atom. The molecular formula is C9H16O2. The Morgan fingerprint density at radius 3 is 2.73 bits per heavy atom. The van der Waals surface area contributed by atoms with Crippen molar-refractivity contribution in [1.82, 2.24) is 0 Å². The molecule has 0 saturated heterocycles. The van der Waals surface area contributed by atoms with Crippen molar-refractivity contribution in [3.05, 3.63) is 12.2 Å². The summed E-state index contributed by atoms with van der Waals surface area (Å²) in [6.07, 6.45) is 6.03. The number of hydrogen-bond acceptors (Lipinski definition) is 2. The van der Waals surface area contributed by atoms with E-state index in [-0.39, 0.29) is 12.1 Å². The summed E-state index contributed by atoms with van der Waals surface area (Å²) in [6.45, 7) is 5.39. The van der Waals surface area contributed by atoms with Gasteiger partial charge >= 0.3 is 5.97 Å². The van der Waals surface area contributed by atoms with Gasteiger partial charge < -0.3 is 4.74 Å². The highest BCUT2D eigenvalue weighted by atomic mass is 16.5. The third kappa shape index (κ3) is 7.10. The van der Waals surface area contributed by atoms with Crippen LogP contribution >= 0.6 is 0 Å². The zero-order chi connectivity index (χ0) is 8.69. The van der Waals surface area contributed by atoms with Crippen LogP contribution in [0.5, 0.6) is 0 Å². The van der Waals surface area contributed by atoms with Crippen molar-refractivity contribution in [3.8, 4) is 0 Å². The maximum absolute atomic E-state index is 10.4. The molecule has 0 aromatic heterocycles. The summed E-state index contributed by atoms with van der Waals surface area (Å²) in [6, 6.07) is 0. The van der Waals surface area contributed by atoms with Gasteiger partial charge in [0, 0.05) is 6.92 Å². The van der Waals surface area contributed by atoms with E-state index >= 15 is 0 Å². The number of carbonyl (C=O) groups excluding carboxylic acids is 1. The van der Waals surface area contributed by atoms with Crippen LogP contribution in [-0.4, -0.2) is 12.1 Å². The fourth-order valence-electron chi connectivity index (χ4n) is 0.756. The molecule has 1 atom stereocenters. The van der Waals surface area contributed by atoms with E-state index in [4.69, 9.17) is 4.74 Å². The minimum Gasteiger partial charge on any atom is -0.459 e. The molecule has 0 amide bonds. The van der Waals surface area contributed by atoms with Gasteiger partial charge in [0.05, 0.1) is 0 Å². The lowest BCUT2D eigenvalue weighted by atomic mass is 10.3. The van der Waals surface area contributed by atoms with Gasteiger partial charge in [0.1, 0.15) is 6.10 Å². The molecule has 2 nitrogen and oxygen atoms in total. The number of carbonyl (C=O) groups is 1. The second-order valence-corrected chi connectivity index (χ2v) is 2.53. The Balaban J connectivity index is 3.50. The molecule has 0 aliphatic rings. The third-order valence-electron chi connectivity index (χ3n) is 1.21. The van der Waals surface area contributed by atoms with Gasteiger partial charge in [-0.15, -0.1) is 0 Å². The van der Waals surface area contributed by atoms with Crippen molar-refractivity contribution in [2.24, 2.45) is 0 Å². The maximum atomic E-state index is 10.4. The molecule has 0 rings (SSSR count). The Kier molecular flexibility index (Phi) is 5.53. The summed E-state index contributed by atoms with van der Waals surface area (Å²) in [5.74, 6) is -0.223. The lowest BCUT2D eigenvalue weighted by Gasteiger charge is -2.05. The average molecular weight is 156 g/mol. The molecular weight excluding hydrogens is 140 g/mol. The fourth-order valence-corrected chi connectivity index (χ4v) is 0.756. The summed E-state index contributed by atoms with van der Waals surface area (Å²) in [4.78, 5) is 10.4. The van der Waals surface area contributed by atoms with E-state index < -0.39 is 0 Å². The van der Waals surface area contributed by atoms with E-state index in [0.29, 0.717) is 0 Å². The Hall–Kier alpha value is -0.790. The molecule has 0 aromatic rings. The van der Waals surface area contributed by atoms with E-state index in [1.165, 1.54) is 6.92 Å². The molecule has 0 unspecified atom stereocenters. The zero-order valence-electron chi connectivity index (χ0n) is 7.46. The van der Waals surface area contributed by atoms with Crippen LogP contribution in [-0.2, 0) is 9.53 Å². The monoisotopic (exact) mass is 156 g/mol. The van der Waals surface area contributed by atoms with Crippen molar-refractivity contribution in [3.63, 3.8) is 0 Å². The van der Waals surface area contributed by atoms with Gasteiger partial charge in [-0.1, -0.05) is 19.4 Å². The number of rotatable bonds is 4.